The number of nitrogens with two attached hydrogens (primary N) is 1. The van der Waals surface area contributed by atoms with Crippen LogP contribution in [-0.2, 0) is 0 Å². The SMILES string of the molecule is COc1ccc(-c2cnc(N3CCC(N)CC3)nc2-c2ccc(C#N)cc2)cn1. The van der Waals surface area contributed by atoms with Crippen LogP contribution in [0.4, 0.5) is 5.95 Å². The average molecular weight is 386 g/mol. The predicted molar refractivity (Wildman–Crippen MR) is 111 cm³/mol. The first kappa shape index (κ1) is 18.8. The zero-order chi connectivity index (χ0) is 20.2. The minimum absolute atomic E-state index is 0.244. The van der Waals surface area contributed by atoms with Gasteiger partial charge in [-0.15, -0.1) is 0 Å². The molecule has 3 heterocycles. The molecule has 1 aliphatic heterocycles. The lowest BCUT2D eigenvalue weighted by Gasteiger charge is -2.30. The van der Waals surface area contributed by atoms with E-state index < -0.39 is 0 Å². The second-order valence-corrected chi connectivity index (χ2v) is 7.04. The van der Waals surface area contributed by atoms with Crippen molar-refractivity contribution in [2.45, 2.75) is 18.9 Å². The van der Waals surface area contributed by atoms with Gasteiger partial charge in [0.25, 0.3) is 0 Å². The van der Waals surface area contributed by atoms with E-state index in [4.69, 9.17) is 20.7 Å². The zero-order valence-corrected chi connectivity index (χ0v) is 16.2. The van der Waals surface area contributed by atoms with Crippen molar-refractivity contribution in [3.63, 3.8) is 0 Å². The number of benzene rings is 1. The van der Waals surface area contributed by atoms with Crippen molar-refractivity contribution in [3.05, 3.63) is 54.4 Å². The number of ether oxygens (including phenoxy) is 1. The molecule has 1 saturated heterocycles. The van der Waals surface area contributed by atoms with Crippen LogP contribution in [-0.4, -0.2) is 41.2 Å². The standard InChI is InChI=1S/C22H22N6O/c1-29-20-7-6-17(13-25-20)19-14-26-22(28-10-8-18(24)9-11-28)27-21(19)16-4-2-15(12-23)3-5-16/h2-7,13-14,18H,8-11,24H2,1H3. The molecule has 1 fully saturated rings. The Bertz CT molecular complexity index is 1020. The van der Waals surface area contributed by atoms with Gasteiger partial charge in [-0.25, -0.2) is 15.0 Å². The van der Waals surface area contributed by atoms with Gasteiger partial charge < -0.3 is 15.4 Å². The summed E-state index contributed by atoms with van der Waals surface area (Å²) < 4.78 is 5.16. The first-order valence-electron chi connectivity index (χ1n) is 9.56. The molecular formula is C22H22N6O. The molecule has 4 rings (SSSR count). The summed E-state index contributed by atoms with van der Waals surface area (Å²) in [6.45, 7) is 1.69. The summed E-state index contributed by atoms with van der Waals surface area (Å²) >= 11 is 0. The Hall–Kier alpha value is -3.50. The van der Waals surface area contributed by atoms with Crippen molar-refractivity contribution in [2.24, 2.45) is 5.73 Å². The van der Waals surface area contributed by atoms with Crippen LogP contribution in [0.2, 0.25) is 0 Å². The van der Waals surface area contributed by atoms with Crippen LogP contribution in [0, 0.1) is 11.3 Å². The number of anilines is 1. The fraction of sp³-hybridized carbons (Fsp3) is 0.273. The highest BCUT2D eigenvalue weighted by molar-refractivity contribution is 5.80. The molecule has 0 spiro atoms. The van der Waals surface area contributed by atoms with E-state index in [2.05, 4.69) is 20.9 Å². The average Bonchev–Trinajstić information content (AvgIpc) is 2.79. The third-order valence-electron chi connectivity index (χ3n) is 5.14. The number of nitrogens with zero attached hydrogens (tertiary/aromatic N) is 5. The van der Waals surface area contributed by atoms with Crippen molar-refractivity contribution >= 4 is 5.95 Å². The minimum atomic E-state index is 0.244. The Kier molecular flexibility index (Phi) is 5.36. The minimum Gasteiger partial charge on any atom is -0.481 e. The number of hydrogen-bond donors (Lipinski definition) is 1. The molecule has 3 aromatic rings. The maximum absolute atomic E-state index is 9.10. The molecule has 0 saturated carbocycles. The van der Waals surface area contributed by atoms with Crippen molar-refractivity contribution in [3.8, 4) is 34.3 Å². The van der Waals surface area contributed by atoms with Crippen LogP contribution in [0.5, 0.6) is 5.88 Å². The first-order valence-corrected chi connectivity index (χ1v) is 9.56. The van der Waals surface area contributed by atoms with E-state index in [0.717, 1.165) is 48.3 Å². The van der Waals surface area contributed by atoms with Crippen LogP contribution in [0.25, 0.3) is 22.4 Å². The van der Waals surface area contributed by atoms with Gasteiger partial charge >= 0.3 is 0 Å². The summed E-state index contributed by atoms with van der Waals surface area (Å²) in [6, 6.07) is 13.6. The molecule has 0 amide bonds. The fourth-order valence-corrected chi connectivity index (χ4v) is 3.42. The van der Waals surface area contributed by atoms with E-state index in [1.165, 1.54) is 0 Å². The number of piperidine rings is 1. The van der Waals surface area contributed by atoms with Gasteiger partial charge in [0.1, 0.15) is 0 Å². The van der Waals surface area contributed by atoms with Crippen LogP contribution in [0.15, 0.2) is 48.8 Å². The van der Waals surface area contributed by atoms with E-state index in [0.29, 0.717) is 17.4 Å². The Labute approximate surface area is 169 Å². The third kappa shape index (κ3) is 4.03. The lowest BCUT2D eigenvalue weighted by molar-refractivity contribution is 0.398. The number of nitriles is 1. The number of aromatic nitrogens is 3. The summed E-state index contributed by atoms with van der Waals surface area (Å²) in [4.78, 5) is 16.0. The van der Waals surface area contributed by atoms with Gasteiger partial charge in [0.15, 0.2) is 0 Å². The number of rotatable bonds is 4. The molecule has 0 atom stereocenters. The summed E-state index contributed by atoms with van der Waals surface area (Å²) in [7, 11) is 1.59. The Morgan fingerprint density at radius 1 is 1.03 bits per heavy atom. The van der Waals surface area contributed by atoms with Crippen molar-refractivity contribution in [1.82, 2.24) is 15.0 Å². The van der Waals surface area contributed by atoms with E-state index in [1.54, 1.807) is 25.4 Å². The van der Waals surface area contributed by atoms with Gasteiger partial charge in [0, 0.05) is 54.3 Å². The number of hydrogen-bond acceptors (Lipinski definition) is 7. The summed E-state index contributed by atoms with van der Waals surface area (Å²) in [5, 5.41) is 9.10. The van der Waals surface area contributed by atoms with Crippen molar-refractivity contribution in [1.29, 1.82) is 5.26 Å². The third-order valence-corrected chi connectivity index (χ3v) is 5.14. The monoisotopic (exact) mass is 386 g/mol. The second kappa shape index (κ2) is 8.25. The van der Waals surface area contributed by atoms with Gasteiger partial charge in [0.2, 0.25) is 11.8 Å². The van der Waals surface area contributed by atoms with E-state index in [9.17, 15) is 0 Å². The van der Waals surface area contributed by atoms with Crippen LogP contribution in [0.3, 0.4) is 0 Å². The van der Waals surface area contributed by atoms with E-state index >= 15 is 0 Å². The van der Waals surface area contributed by atoms with E-state index in [1.807, 2.05) is 30.5 Å². The summed E-state index contributed by atoms with van der Waals surface area (Å²) in [5.41, 5.74) is 10.2. The molecule has 146 valence electrons. The highest BCUT2D eigenvalue weighted by Gasteiger charge is 2.20. The lowest BCUT2D eigenvalue weighted by atomic mass is 10.0. The smallest absolute Gasteiger partial charge is 0.225 e. The fourth-order valence-electron chi connectivity index (χ4n) is 3.42. The van der Waals surface area contributed by atoms with Gasteiger partial charge in [-0.3, -0.25) is 0 Å². The first-order chi connectivity index (χ1) is 14.2. The Morgan fingerprint density at radius 3 is 2.38 bits per heavy atom. The Balaban J connectivity index is 1.77. The molecule has 0 unspecified atom stereocenters. The molecule has 7 heteroatoms. The molecular weight excluding hydrogens is 364 g/mol. The highest BCUT2D eigenvalue weighted by atomic mass is 16.5. The molecule has 7 nitrogen and oxygen atoms in total. The lowest BCUT2D eigenvalue weighted by Crippen LogP contribution is -2.40. The zero-order valence-electron chi connectivity index (χ0n) is 16.2. The second-order valence-electron chi connectivity index (χ2n) is 7.04. The topological polar surface area (TPSA) is 101 Å². The molecule has 1 aliphatic rings. The molecule has 0 bridgehead atoms. The van der Waals surface area contributed by atoms with Gasteiger partial charge in [-0.05, 0) is 31.0 Å². The highest BCUT2D eigenvalue weighted by Crippen LogP contribution is 2.32. The molecule has 2 N–H and O–H groups in total. The van der Waals surface area contributed by atoms with Gasteiger partial charge in [0.05, 0.1) is 24.4 Å². The largest absolute Gasteiger partial charge is 0.481 e. The number of pyridine rings is 1. The maximum atomic E-state index is 9.10. The van der Waals surface area contributed by atoms with Crippen LogP contribution >= 0.6 is 0 Å². The van der Waals surface area contributed by atoms with Crippen molar-refractivity contribution in [2.75, 3.05) is 25.1 Å². The van der Waals surface area contributed by atoms with Crippen LogP contribution < -0.4 is 15.4 Å². The molecule has 29 heavy (non-hydrogen) atoms. The van der Waals surface area contributed by atoms with Crippen LogP contribution in [0.1, 0.15) is 18.4 Å². The van der Waals surface area contributed by atoms with Gasteiger partial charge in [-0.1, -0.05) is 12.1 Å². The normalized spacial score (nSPS) is 14.4. The molecule has 0 aliphatic carbocycles. The summed E-state index contributed by atoms with van der Waals surface area (Å²) in [6.07, 6.45) is 5.46. The molecule has 2 aromatic heterocycles. The molecule has 1 aromatic carbocycles. The quantitative estimate of drug-likeness (QED) is 0.735. The summed E-state index contributed by atoms with van der Waals surface area (Å²) in [5.74, 6) is 1.25. The van der Waals surface area contributed by atoms with Crippen molar-refractivity contribution < 1.29 is 4.74 Å². The maximum Gasteiger partial charge on any atom is 0.225 e. The molecule has 0 radical (unpaired) electrons. The van der Waals surface area contributed by atoms with E-state index in [-0.39, 0.29) is 6.04 Å². The van der Waals surface area contributed by atoms with Gasteiger partial charge in [-0.2, -0.15) is 5.26 Å². The number of methoxy groups -OCH3 is 1. The predicted octanol–water partition coefficient (Wildman–Crippen LogP) is 3.01. The Morgan fingerprint density at radius 2 is 1.76 bits per heavy atom.